The van der Waals surface area contributed by atoms with Crippen LogP contribution in [0.25, 0.3) is 0 Å². The highest BCUT2D eigenvalue weighted by Crippen LogP contribution is 2.36. The molecule has 0 saturated carbocycles. The van der Waals surface area contributed by atoms with Gasteiger partial charge in [-0.2, -0.15) is 0 Å². The van der Waals surface area contributed by atoms with Crippen molar-refractivity contribution in [3.63, 3.8) is 0 Å². The van der Waals surface area contributed by atoms with Crippen LogP contribution >= 0.6 is 0 Å². The fourth-order valence-corrected chi connectivity index (χ4v) is 9.19. The number of carbonyl (C=O) groups is 1. The molecule has 0 saturated heterocycles. The first-order valence-electron chi connectivity index (χ1n) is 15.5. The number of ether oxygens (including phenoxy) is 7. The third-order valence-corrected chi connectivity index (χ3v) is 11.5. The summed E-state index contributed by atoms with van der Waals surface area (Å²) >= 11 is 0. The maximum atomic E-state index is 11.5. The Labute approximate surface area is 265 Å². The minimum absolute atomic E-state index is 0.0570. The molecule has 0 aromatic heterocycles. The second-order valence-electron chi connectivity index (χ2n) is 12.2. The van der Waals surface area contributed by atoms with Gasteiger partial charge in [0.05, 0.1) is 79.3 Å². The SMILES string of the molecule is CC(C)(C)OC(=O)COCCOCCOCCOCCOCCOCCO[Si](c1ccccc1)(c1ccccc1)C(C)(C)C. The van der Waals surface area contributed by atoms with Crippen molar-refractivity contribution < 1.29 is 42.4 Å². The van der Waals surface area contributed by atoms with Gasteiger partial charge in [0.2, 0.25) is 0 Å². The molecular formula is C34H54O9Si. The molecule has 44 heavy (non-hydrogen) atoms. The number of esters is 1. The Morgan fingerprint density at radius 3 is 1.20 bits per heavy atom. The van der Waals surface area contributed by atoms with E-state index in [0.717, 1.165) is 0 Å². The molecule has 0 amide bonds. The van der Waals surface area contributed by atoms with Crippen molar-refractivity contribution in [3.8, 4) is 0 Å². The Morgan fingerprint density at radius 2 is 0.864 bits per heavy atom. The lowest BCUT2D eigenvalue weighted by Gasteiger charge is -2.43. The summed E-state index contributed by atoms with van der Waals surface area (Å²) in [4.78, 5) is 11.5. The largest absolute Gasteiger partial charge is 0.458 e. The van der Waals surface area contributed by atoms with E-state index < -0.39 is 13.9 Å². The van der Waals surface area contributed by atoms with E-state index in [9.17, 15) is 4.79 Å². The van der Waals surface area contributed by atoms with Crippen LogP contribution in [-0.4, -0.2) is 106 Å². The van der Waals surface area contributed by atoms with Gasteiger partial charge < -0.3 is 37.6 Å². The fraction of sp³-hybridized carbons (Fsp3) is 0.618. The van der Waals surface area contributed by atoms with Crippen LogP contribution in [0.4, 0.5) is 0 Å². The van der Waals surface area contributed by atoms with Gasteiger partial charge in [-0.05, 0) is 36.2 Å². The molecular weight excluding hydrogens is 580 g/mol. The van der Waals surface area contributed by atoms with Crippen molar-refractivity contribution in [2.24, 2.45) is 0 Å². The van der Waals surface area contributed by atoms with Gasteiger partial charge in [0.25, 0.3) is 8.32 Å². The predicted molar refractivity (Wildman–Crippen MR) is 174 cm³/mol. The molecule has 9 nitrogen and oxygen atoms in total. The second-order valence-corrected chi connectivity index (χ2v) is 16.5. The molecule has 2 aromatic rings. The van der Waals surface area contributed by atoms with Gasteiger partial charge in [-0.1, -0.05) is 81.4 Å². The van der Waals surface area contributed by atoms with Crippen molar-refractivity contribution in [2.45, 2.75) is 52.2 Å². The molecule has 10 heteroatoms. The van der Waals surface area contributed by atoms with Gasteiger partial charge in [0, 0.05) is 0 Å². The van der Waals surface area contributed by atoms with Crippen LogP contribution in [0.5, 0.6) is 0 Å². The van der Waals surface area contributed by atoms with Crippen LogP contribution in [0.15, 0.2) is 60.7 Å². The van der Waals surface area contributed by atoms with E-state index >= 15 is 0 Å². The zero-order chi connectivity index (χ0) is 32.2. The van der Waals surface area contributed by atoms with Gasteiger partial charge in [0.15, 0.2) is 0 Å². The molecule has 0 aliphatic carbocycles. The molecule has 0 spiro atoms. The highest BCUT2D eigenvalue weighted by atomic mass is 28.4. The first-order valence-corrected chi connectivity index (χ1v) is 17.4. The first kappa shape index (κ1) is 38.0. The van der Waals surface area contributed by atoms with Gasteiger partial charge in [0.1, 0.15) is 12.2 Å². The summed E-state index contributed by atoms with van der Waals surface area (Å²) in [5, 5.41) is 2.47. The molecule has 2 rings (SSSR count). The average molecular weight is 635 g/mol. The fourth-order valence-electron chi connectivity index (χ4n) is 4.64. The standard InChI is InChI=1S/C34H54O9Si/c1-33(2,3)43-32(35)29-41-26-25-39-22-21-37-18-17-36-19-20-38-23-24-40-27-28-42-44(34(4,5)6,30-13-9-7-10-14-30)31-15-11-8-12-16-31/h7-16H,17-29H2,1-6H3. The molecule has 0 heterocycles. The number of carbonyl (C=O) groups excluding carboxylic acids is 1. The molecule has 0 radical (unpaired) electrons. The smallest absolute Gasteiger partial charge is 0.332 e. The number of hydrogen-bond acceptors (Lipinski definition) is 9. The zero-order valence-corrected chi connectivity index (χ0v) is 28.6. The summed E-state index contributed by atoms with van der Waals surface area (Å²) in [7, 11) is -2.54. The van der Waals surface area contributed by atoms with Crippen molar-refractivity contribution >= 4 is 24.7 Å². The zero-order valence-electron chi connectivity index (χ0n) is 27.6. The summed E-state index contributed by atoms with van der Waals surface area (Å²) in [6.45, 7) is 17.8. The van der Waals surface area contributed by atoms with E-state index in [4.69, 9.17) is 37.6 Å². The minimum Gasteiger partial charge on any atom is -0.458 e. The van der Waals surface area contributed by atoms with Gasteiger partial charge in [-0.25, -0.2) is 4.79 Å². The van der Waals surface area contributed by atoms with Crippen LogP contribution < -0.4 is 10.4 Å². The van der Waals surface area contributed by atoms with E-state index in [2.05, 4.69) is 69.3 Å². The molecule has 0 aliphatic rings. The Balaban J connectivity index is 1.47. The summed E-state index contributed by atoms with van der Waals surface area (Å²) in [6, 6.07) is 21.2. The predicted octanol–water partition coefficient (Wildman–Crippen LogP) is 4.00. The van der Waals surface area contributed by atoms with E-state index in [1.165, 1.54) is 10.4 Å². The van der Waals surface area contributed by atoms with Crippen LogP contribution in [0.3, 0.4) is 0 Å². The topological polar surface area (TPSA) is 90.9 Å². The van der Waals surface area contributed by atoms with Gasteiger partial charge in [-0.3, -0.25) is 0 Å². The quantitative estimate of drug-likeness (QED) is 0.102. The second kappa shape index (κ2) is 20.8. The van der Waals surface area contributed by atoms with E-state index in [1.807, 2.05) is 32.9 Å². The normalized spacial score (nSPS) is 12.4. The average Bonchev–Trinajstić information content (AvgIpc) is 2.97. The van der Waals surface area contributed by atoms with E-state index in [1.54, 1.807) is 0 Å². The molecule has 0 atom stereocenters. The van der Waals surface area contributed by atoms with Crippen LogP contribution in [0.1, 0.15) is 41.5 Å². The molecule has 0 fully saturated rings. The van der Waals surface area contributed by atoms with Gasteiger partial charge in [-0.15, -0.1) is 0 Å². The molecule has 0 unspecified atom stereocenters. The number of benzene rings is 2. The van der Waals surface area contributed by atoms with Crippen molar-refractivity contribution in [3.05, 3.63) is 60.7 Å². The van der Waals surface area contributed by atoms with E-state index in [0.29, 0.717) is 79.3 Å². The lowest BCUT2D eigenvalue weighted by Crippen LogP contribution is -2.66. The monoisotopic (exact) mass is 634 g/mol. The molecule has 248 valence electrons. The Kier molecular flexibility index (Phi) is 18.0. The molecule has 0 aliphatic heterocycles. The summed E-state index contributed by atoms with van der Waals surface area (Å²) < 4.78 is 45.1. The third-order valence-electron chi connectivity index (χ3n) is 6.46. The maximum Gasteiger partial charge on any atom is 0.332 e. The number of hydrogen-bond donors (Lipinski definition) is 0. The van der Waals surface area contributed by atoms with Crippen LogP contribution in [0, 0.1) is 0 Å². The molecule has 0 bridgehead atoms. The van der Waals surface area contributed by atoms with Crippen LogP contribution in [0.2, 0.25) is 5.04 Å². The van der Waals surface area contributed by atoms with E-state index in [-0.39, 0.29) is 17.6 Å². The highest BCUT2D eigenvalue weighted by Gasteiger charge is 2.50. The third kappa shape index (κ3) is 14.8. The maximum absolute atomic E-state index is 11.5. The van der Waals surface area contributed by atoms with Crippen molar-refractivity contribution in [2.75, 3.05) is 85.9 Å². The Morgan fingerprint density at radius 1 is 0.523 bits per heavy atom. The molecule has 0 N–H and O–H groups in total. The summed E-state index contributed by atoms with van der Waals surface area (Å²) in [5.41, 5.74) is -0.509. The van der Waals surface area contributed by atoms with Crippen molar-refractivity contribution in [1.82, 2.24) is 0 Å². The summed E-state index contributed by atoms with van der Waals surface area (Å²) in [5.74, 6) is -0.382. The lowest BCUT2D eigenvalue weighted by molar-refractivity contribution is -0.160. The highest BCUT2D eigenvalue weighted by molar-refractivity contribution is 6.99. The summed E-state index contributed by atoms with van der Waals surface area (Å²) in [6.07, 6.45) is 0. The van der Waals surface area contributed by atoms with Crippen molar-refractivity contribution in [1.29, 1.82) is 0 Å². The van der Waals surface area contributed by atoms with Gasteiger partial charge >= 0.3 is 5.97 Å². The number of rotatable bonds is 23. The first-order chi connectivity index (χ1) is 21.1. The van der Waals surface area contributed by atoms with Crippen LogP contribution in [-0.2, 0) is 42.4 Å². The lowest BCUT2D eigenvalue weighted by atomic mass is 10.2. The molecule has 2 aromatic carbocycles. The Hall–Kier alpha value is -2.15. The Bertz CT molecular complexity index is 967. The minimum atomic E-state index is -2.54.